The Kier molecular flexibility index (Phi) is 4.66. The van der Waals surface area contributed by atoms with Gasteiger partial charge in [0, 0.05) is 16.7 Å². The lowest BCUT2D eigenvalue weighted by Crippen LogP contribution is -2.26. The average Bonchev–Trinajstić information content (AvgIpc) is 2.14. The van der Waals surface area contributed by atoms with Gasteiger partial charge < -0.3 is 9.47 Å². The molecule has 20 heavy (non-hydrogen) atoms. The van der Waals surface area contributed by atoms with Crippen molar-refractivity contribution in [3.05, 3.63) is 18.2 Å². The molecule has 1 aromatic carbocycles. The van der Waals surface area contributed by atoms with E-state index in [1.165, 1.54) is 12.1 Å². The molecule has 0 bridgehead atoms. The van der Waals surface area contributed by atoms with Gasteiger partial charge in [-0.2, -0.15) is 0 Å². The second-order valence-electron chi connectivity index (χ2n) is 6.48. The van der Waals surface area contributed by atoms with E-state index in [2.05, 4.69) is 0 Å². The molecule has 6 heteroatoms. The highest BCUT2D eigenvalue weighted by Gasteiger charge is 2.22. The Balaban J connectivity index is 3.31. The molecule has 0 aliphatic rings. The monoisotopic (exact) mass is 320 g/mol. The molecule has 0 saturated carbocycles. The minimum atomic E-state index is -3.80. The molecule has 1 rings (SSSR count). The highest BCUT2D eigenvalue weighted by molar-refractivity contribution is 8.13. The van der Waals surface area contributed by atoms with Crippen LogP contribution < -0.4 is 9.47 Å². The molecule has 114 valence electrons. The highest BCUT2D eigenvalue weighted by Crippen LogP contribution is 2.35. The second kappa shape index (κ2) is 5.45. The molecule has 1 aromatic rings. The van der Waals surface area contributed by atoms with Gasteiger partial charge in [0.25, 0.3) is 9.05 Å². The third-order valence-electron chi connectivity index (χ3n) is 2.03. The van der Waals surface area contributed by atoms with E-state index in [4.69, 9.17) is 20.2 Å². The molecule has 0 saturated heterocycles. The zero-order valence-corrected chi connectivity index (χ0v) is 14.2. The van der Waals surface area contributed by atoms with Crippen LogP contribution in [0.25, 0.3) is 0 Å². The zero-order valence-electron chi connectivity index (χ0n) is 12.7. The standard InChI is InChI=1S/C14H21ClO4S/c1-13(2,3)18-11-8-7-10(20(15,16)17)9-12(11)19-14(4,5)6/h7-9H,1-6H3. The van der Waals surface area contributed by atoms with Gasteiger partial charge in [-0.1, -0.05) is 0 Å². The summed E-state index contributed by atoms with van der Waals surface area (Å²) in [4.78, 5) is -0.0142. The second-order valence-corrected chi connectivity index (χ2v) is 9.04. The van der Waals surface area contributed by atoms with Crippen LogP contribution in [0.1, 0.15) is 41.5 Å². The maximum atomic E-state index is 11.4. The van der Waals surface area contributed by atoms with Crippen LogP contribution in [0, 0.1) is 0 Å². The molecular formula is C14H21ClO4S. The lowest BCUT2D eigenvalue weighted by molar-refractivity contribution is 0.0954. The molecule has 0 amide bonds. The van der Waals surface area contributed by atoms with Crippen LogP contribution in [0.4, 0.5) is 0 Å². The molecule has 0 aliphatic carbocycles. The lowest BCUT2D eigenvalue weighted by atomic mass is 10.1. The van der Waals surface area contributed by atoms with Gasteiger partial charge >= 0.3 is 0 Å². The highest BCUT2D eigenvalue weighted by atomic mass is 35.7. The molecule has 0 N–H and O–H groups in total. The summed E-state index contributed by atoms with van der Waals surface area (Å²) in [7, 11) is 1.56. The first-order valence-electron chi connectivity index (χ1n) is 6.25. The Morgan fingerprint density at radius 3 is 1.75 bits per heavy atom. The van der Waals surface area contributed by atoms with Gasteiger partial charge in [0.15, 0.2) is 11.5 Å². The van der Waals surface area contributed by atoms with Crippen molar-refractivity contribution in [3.63, 3.8) is 0 Å². The minimum absolute atomic E-state index is 0.0142. The van der Waals surface area contributed by atoms with Crippen LogP contribution in [0.2, 0.25) is 0 Å². The first-order chi connectivity index (χ1) is 8.78. The third kappa shape index (κ3) is 5.59. The molecule has 0 atom stereocenters. The van der Waals surface area contributed by atoms with Crippen molar-refractivity contribution < 1.29 is 17.9 Å². The Bertz CT molecular complexity index is 580. The van der Waals surface area contributed by atoms with Crippen LogP contribution in [0.5, 0.6) is 11.5 Å². The quantitative estimate of drug-likeness (QED) is 0.791. The van der Waals surface area contributed by atoms with Gasteiger partial charge in [-0.05, 0) is 53.7 Å². The van der Waals surface area contributed by atoms with Crippen LogP contribution in [0.15, 0.2) is 23.1 Å². The van der Waals surface area contributed by atoms with Crippen LogP contribution in [0.3, 0.4) is 0 Å². The molecule has 0 unspecified atom stereocenters. The number of hydrogen-bond acceptors (Lipinski definition) is 4. The maximum absolute atomic E-state index is 11.4. The Labute approximate surface area is 125 Å². The van der Waals surface area contributed by atoms with E-state index in [9.17, 15) is 8.42 Å². The van der Waals surface area contributed by atoms with E-state index in [0.717, 1.165) is 0 Å². The molecule has 0 fully saturated rings. The number of halogens is 1. The van der Waals surface area contributed by atoms with Crippen molar-refractivity contribution >= 4 is 19.7 Å². The van der Waals surface area contributed by atoms with Crippen LogP contribution in [-0.4, -0.2) is 19.6 Å². The molecule has 4 nitrogen and oxygen atoms in total. The van der Waals surface area contributed by atoms with E-state index in [-0.39, 0.29) is 4.90 Å². The maximum Gasteiger partial charge on any atom is 0.261 e. The number of ether oxygens (including phenoxy) is 2. The van der Waals surface area contributed by atoms with Crippen molar-refractivity contribution in [1.29, 1.82) is 0 Å². The van der Waals surface area contributed by atoms with Gasteiger partial charge in [-0.25, -0.2) is 8.42 Å². The Morgan fingerprint density at radius 2 is 1.35 bits per heavy atom. The first-order valence-corrected chi connectivity index (χ1v) is 8.56. The number of benzene rings is 1. The number of hydrogen-bond donors (Lipinski definition) is 0. The van der Waals surface area contributed by atoms with Crippen LogP contribution >= 0.6 is 10.7 Å². The normalized spacial score (nSPS) is 13.2. The molecule has 0 spiro atoms. The largest absolute Gasteiger partial charge is 0.484 e. The van der Waals surface area contributed by atoms with E-state index in [1.54, 1.807) is 6.07 Å². The van der Waals surface area contributed by atoms with Gasteiger partial charge in [0.1, 0.15) is 11.2 Å². The fourth-order valence-electron chi connectivity index (χ4n) is 1.46. The van der Waals surface area contributed by atoms with Gasteiger partial charge in [-0.15, -0.1) is 0 Å². The SMILES string of the molecule is CC(C)(C)Oc1ccc(S(=O)(=O)Cl)cc1OC(C)(C)C. The van der Waals surface area contributed by atoms with E-state index < -0.39 is 20.3 Å². The lowest BCUT2D eigenvalue weighted by Gasteiger charge is -2.27. The number of rotatable bonds is 3. The van der Waals surface area contributed by atoms with Gasteiger partial charge in [0.2, 0.25) is 0 Å². The minimum Gasteiger partial charge on any atom is -0.484 e. The van der Waals surface area contributed by atoms with Gasteiger partial charge in [0.05, 0.1) is 4.90 Å². The molecule has 0 radical (unpaired) electrons. The summed E-state index contributed by atoms with van der Waals surface area (Å²) >= 11 is 0. The summed E-state index contributed by atoms with van der Waals surface area (Å²) in [6.07, 6.45) is 0. The fraction of sp³-hybridized carbons (Fsp3) is 0.571. The summed E-state index contributed by atoms with van der Waals surface area (Å²) in [5, 5.41) is 0. The van der Waals surface area contributed by atoms with E-state index >= 15 is 0 Å². The molecule has 0 heterocycles. The van der Waals surface area contributed by atoms with E-state index in [0.29, 0.717) is 11.5 Å². The Hall–Kier alpha value is -0.940. The molecule has 0 aromatic heterocycles. The summed E-state index contributed by atoms with van der Waals surface area (Å²) in [6.45, 7) is 11.3. The summed E-state index contributed by atoms with van der Waals surface area (Å²) in [5.74, 6) is 0.839. The van der Waals surface area contributed by atoms with Crippen molar-refractivity contribution in [2.75, 3.05) is 0 Å². The van der Waals surface area contributed by atoms with Crippen molar-refractivity contribution in [2.24, 2.45) is 0 Å². The first kappa shape index (κ1) is 17.1. The zero-order chi connectivity index (χ0) is 15.8. The molecular weight excluding hydrogens is 300 g/mol. The summed E-state index contributed by atoms with van der Waals surface area (Å²) < 4.78 is 34.4. The smallest absolute Gasteiger partial charge is 0.261 e. The summed E-state index contributed by atoms with van der Waals surface area (Å²) in [5.41, 5.74) is -0.901. The predicted octanol–water partition coefficient (Wildman–Crippen LogP) is 3.97. The average molecular weight is 321 g/mol. The Morgan fingerprint density at radius 1 is 0.900 bits per heavy atom. The van der Waals surface area contributed by atoms with Crippen molar-refractivity contribution in [2.45, 2.75) is 57.6 Å². The summed E-state index contributed by atoms with van der Waals surface area (Å²) in [6, 6.07) is 4.34. The predicted molar refractivity (Wildman–Crippen MR) is 80.2 cm³/mol. The fourth-order valence-corrected chi connectivity index (χ4v) is 2.23. The van der Waals surface area contributed by atoms with Crippen LogP contribution in [-0.2, 0) is 9.05 Å². The van der Waals surface area contributed by atoms with Gasteiger partial charge in [-0.3, -0.25) is 0 Å². The van der Waals surface area contributed by atoms with E-state index in [1.807, 2.05) is 41.5 Å². The van der Waals surface area contributed by atoms with Crippen molar-refractivity contribution in [1.82, 2.24) is 0 Å². The topological polar surface area (TPSA) is 52.6 Å². The third-order valence-corrected chi connectivity index (χ3v) is 3.38. The molecule has 0 aliphatic heterocycles. The van der Waals surface area contributed by atoms with Crippen molar-refractivity contribution in [3.8, 4) is 11.5 Å².